The molecule has 1 unspecified atom stereocenters. The summed E-state index contributed by atoms with van der Waals surface area (Å²) in [5.41, 5.74) is 0. The number of rotatable bonds is 3. The average molecular weight is 288 g/mol. The zero-order valence-corrected chi connectivity index (χ0v) is 9.77. The summed E-state index contributed by atoms with van der Waals surface area (Å²) in [6.07, 6.45) is -3.92. The molecule has 1 aliphatic rings. The summed E-state index contributed by atoms with van der Waals surface area (Å²) in [6.45, 7) is 0.590. The van der Waals surface area contributed by atoms with Crippen LogP contribution in [0.1, 0.15) is 25.7 Å². The lowest BCUT2D eigenvalue weighted by molar-refractivity contribution is -0.149. The summed E-state index contributed by atoms with van der Waals surface area (Å²) < 4.78 is 35.7. The maximum absolute atomic E-state index is 11.9. The first-order valence-electron chi connectivity index (χ1n) is 4.86. The number of nitrogens with zero attached hydrogens (tertiary/aromatic N) is 1. The fraction of sp³-hybridized carbons (Fsp3) is 0.889. The van der Waals surface area contributed by atoms with E-state index >= 15 is 0 Å². The Morgan fingerprint density at radius 1 is 1.47 bits per heavy atom. The van der Waals surface area contributed by atoms with Gasteiger partial charge in [-0.05, 0) is 12.8 Å². The summed E-state index contributed by atoms with van der Waals surface area (Å²) in [5.74, 6) is -0.380. The highest BCUT2D eigenvalue weighted by atomic mass is 79.9. The third-order valence-electron chi connectivity index (χ3n) is 2.50. The van der Waals surface area contributed by atoms with Gasteiger partial charge in [-0.1, -0.05) is 15.9 Å². The molecule has 15 heavy (non-hydrogen) atoms. The Hall–Kier alpha value is -0.260. The van der Waals surface area contributed by atoms with Crippen LogP contribution in [0.3, 0.4) is 0 Å². The second kappa shape index (κ2) is 5.18. The number of amides is 1. The monoisotopic (exact) mass is 287 g/mol. The molecule has 0 bridgehead atoms. The van der Waals surface area contributed by atoms with E-state index in [1.54, 1.807) is 4.90 Å². The minimum atomic E-state index is -4.24. The normalized spacial score (nSPS) is 22.1. The molecule has 0 radical (unpaired) electrons. The maximum Gasteiger partial charge on any atom is 0.389 e. The second-order valence-electron chi connectivity index (χ2n) is 3.65. The highest BCUT2D eigenvalue weighted by Crippen LogP contribution is 2.24. The van der Waals surface area contributed by atoms with E-state index in [2.05, 4.69) is 15.9 Å². The fourth-order valence-electron chi connectivity index (χ4n) is 1.72. The lowest BCUT2D eigenvalue weighted by Gasteiger charge is -2.23. The van der Waals surface area contributed by atoms with Crippen molar-refractivity contribution in [3.8, 4) is 0 Å². The predicted molar refractivity (Wildman–Crippen MR) is 53.8 cm³/mol. The highest BCUT2D eigenvalue weighted by Gasteiger charge is 2.32. The lowest BCUT2D eigenvalue weighted by Crippen LogP contribution is -2.36. The van der Waals surface area contributed by atoms with Crippen molar-refractivity contribution in [2.75, 3.05) is 11.9 Å². The number of hydrogen-bond donors (Lipinski definition) is 0. The molecule has 0 N–H and O–H groups in total. The van der Waals surface area contributed by atoms with Crippen molar-refractivity contribution in [2.24, 2.45) is 0 Å². The molecule has 88 valence electrons. The first kappa shape index (κ1) is 12.8. The maximum atomic E-state index is 11.9. The van der Waals surface area contributed by atoms with Gasteiger partial charge < -0.3 is 4.90 Å². The van der Waals surface area contributed by atoms with Crippen LogP contribution >= 0.6 is 15.9 Å². The average Bonchev–Trinajstić information content (AvgIpc) is 2.60. The Morgan fingerprint density at radius 2 is 2.13 bits per heavy atom. The van der Waals surface area contributed by atoms with E-state index in [4.69, 9.17) is 0 Å². The molecular weight excluding hydrogens is 275 g/mol. The number of halogens is 4. The third kappa shape index (κ3) is 4.01. The van der Waals surface area contributed by atoms with Crippen molar-refractivity contribution in [2.45, 2.75) is 37.9 Å². The molecule has 0 aliphatic carbocycles. The van der Waals surface area contributed by atoms with Crippen molar-refractivity contribution in [1.29, 1.82) is 0 Å². The van der Waals surface area contributed by atoms with Gasteiger partial charge in [-0.3, -0.25) is 4.79 Å². The molecule has 1 aliphatic heterocycles. The zero-order valence-electron chi connectivity index (χ0n) is 8.19. The standard InChI is InChI=1S/C9H13BrF3NO/c10-6-7-2-1-5-14(7)8(15)3-4-9(11,12)13/h7H,1-6H2. The molecule has 0 saturated carbocycles. The van der Waals surface area contributed by atoms with Crippen molar-refractivity contribution >= 4 is 21.8 Å². The minimum absolute atomic E-state index is 0.0748. The molecule has 1 atom stereocenters. The SMILES string of the molecule is O=C(CCC(F)(F)F)N1CCCC1CBr. The van der Waals surface area contributed by atoms with Gasteiger partial charge in [0, 0.05) is 24.3 Å². The van der Waals surface area contributed by atoms with Gasteiger partial charge in [0.25, 0.3) is 0 Å². The molecule has 1 rings (SSSR count). The number of carbonyl (C=O) groups is 1. The quantitative estimate of drug-likeness (QED) is 0.731. The smallest absolute Gasteiger partial charge is 0.339 e. The molecule has 1 heterocycles. The molecule has 0 aromatic rings. The van der Waals surface area contributed by atoms with Gasteiger partial charge in [-0.2, -0.15) is 13.2 Å². The Kier molecular flexibility index (Phi) is 4.43. The molecule has 0 aromatic heterocycles. The Bertz CT molecular complexity index is 232. The Labute approximate surface area is 94.9 Å². The van der Waals surface area contributed by atoms with E-state index in [-0.39, 0.29) is 11.9 Å². The molecule has 1 saturated heterocycles. The minimum Gasteiger partial charge on any atom is -0.339 e. The van der Waals surface area contributed by atoms with E-state index in [1.807, 2.05) is 0 Å². The van der Waals surface area contributed by atoms with Gasteiger partial charge in [-0.15, -0.1) is 0 Å². The van der Waals surface area contributed by atoms with Gasteiger partial charge in [0.1, 0.15) is 0 Å². The highest BCUT2D eigenvalue weighted by molar-refractivity contribution is 9.09. The van der Waals surface area contributed by atoms with Crippen molar-refractivity contribution in [3.05, 3.63) is 0 Å². The summed E-state index contributed by atoms with van der Waals surface area (Å²) in [6, 6.07) is 0.0748. The number of alkyl halides is 4. The van der Waals surface area contributed by atoms with Crippen LogP contribution < -0.4 is 0 Å². The van der Waals surface area contributed by atoms with Crippen LogP contribution in [0.2, 0.25) is 0 Å². The van der Waals surface area contributed by atoms with E-state index < -0.39 is 19.0 Å². The Morgan fingerprint density at radius 3 is 2.67 bits per heavy atom. The van der Waals surface area contributed by atoms with Crippen molar-refractivity contribution in [3.63, 3.8) is 0 Å². The van der Waals surface area contributed by atoms with Crippen LogP contribution in [0.4, 0.5) is 13.2 Å². The fourth-order valence-corrected chi connectivity index (χ4v) is 2.39. The van der Waals surface area contributed by atoms with E-state index in [0.717, 1.165) is 12.8 Å². The second-order valence-corrected chi connectivity index (χ2v) is 4.30. The third-order valence-corrected chi connectivity index (χ3v) is 3.25. The number of hydrogen-bond acceptors (Lipinski definition) is 1. The predicted octanol–water partition coefficient (Wildman–Crippen LogP) is 2.71. The number of likely N-dealkylation sites (tertiary alicyclic amines) is 1. The largest absolute Gasteiger partial charge is 0.389 e. The summed E-state index contributed by atoms with van der Waals surface area (Å²) in [4.78, 5) is 13.0. The molecule has 1 amide bonds. The molecule has 0 spiro atoms. The van der Waals surface area contributed by atoms with Gasteiger partial charge in [0.15, 0.2) is 0 Å². The van der Waals surface area contributed by atoms with Crippen molar-refractivity contribution < 1.29 is 18.0 Å². The van der Waals surface area contributed by atoms with Crippen LogP contribution in [0.25, 0.3) is 0 Å². The number of carbonyl (C=O) groups excluding carboxylic acids is 1. The zero-order chi connectivity index (χ0) is 11.5. The van der Waals surface area contributed by atoms with Crippen LogP contribution in [-0.2, 0) is 4.79 Å². The summed E-state index contributed by atoms with van der Waals surface area (Å²) in [5, 5.41) is 0.644. The summed E-state index contributed by atoms with van der Waals surface area (Å²) in [7, 11) is 0. The summed E-state index contributed by atoms with van der Waals surface area (Å²) >= 11 is 3.26. The molecule has 0 aromatic carbocycles. The van der Waals surface area contributed by atoms with E-state index in [1.165, 1.54) is 0 Å². The molecule has 1 fully saturated rings. The van der Waals surface area contributed by atoms with Crippen LogP contribution in [0.15, 0.2) is 0 Å². The van der Waals surface area contributed by atoms with Crippen LogP contribution in [0.5, 0.6) is 0 Å². The molecule has 6 heteroatoms. The van der Waals surface area contributed by atoms with Crippen LogP contribution in [-0.4, -0.2) is 34.9 Å². The van der Waals surface area contributed by atoms with E-state index in [0.29, 0.717) is 11.9 Å². The molecular formula is C9H13BrF3NO. The molecule has 2 nitrogen and oxygen atoms in total. The van der Waals surface area contributed by atoms with Crippen molar-refractivity contribution in [1.82, 2.24) is 4.90 Å². The first-order chi connectivity index (χ1) is 6.94. The van der Waals surface area contributed by atoms with Gasteiger partial charge in [0.05, 0.1) is 6.42 Å². The Balaban J connectivity index is 2.40. The first-order valence-corrected chi connectivity index (χ1v) is 5.98. The van der Waals surface area contributed by atoms with Gasteiger partial charge >= 0.3 is 6.18 Å². The van der Waals surface area contributed by atoms with Gasteiger partial charge in [-0.25, -0.2) is 0 Å². The topological polar surface area (TPSA) is 20.3 Å². The van der Waals surface area contributed by atoms with Gasteiger partial charge in [0.2, 0.25) is 5.91 Å². The van der Waals surface area contributed by atoms with E-state index in [9.17, 15) is 18.0 Å². The lowest BCUT2D eigenvalue weighted by atomic mass is 10.2. The van der Waals surface area contributed by atoms with Crippen LogP contribution in [0, 0.1) is 0 Å².